The molecule has 2 aliphatic rings. The Morgan fingerprint density at radius 2 is 2.00 bits per heavy atom. The molecule has 7 nitrogen and oxygen atoms in total. The third-order valence-electron chi connectivity index (χ3n) is 4.96. The molecular formula is C20H27N7. The van der Waals surface area contributed by atoms with Crippen LogP contribution in [0.5, 0.6) is 0 Å². The van der Waals surface area contributed by atoms with Gasteiger partial charge in [-0.15, -0.1) is 0 Å². The van der Waals surface area contributed by atoms with Crippen LogP contribution in [0.3, 0.4) is 0 Å². The Hall–Kier alpha value is -2.93. The van der Waals surface area contributed by atoms with Crippen molar-refractivity contribution in [3.63, 3.8) is 0 Å². The van der Waals surface area contributed by atoms with Gasteiger partial charge in [0.2, 0.25) is 0 Å². The molecule has 0 unspecified atom stereocenters. The third kappa shape index (κ3) is 3.26. The predicted octanol–water partition coefficient (Wildman–Crippen LogP) is 2.18. The van der Waals surface area contributed by atoms with Crippen LogP contribution in [0.4, 0.5) is 11.4 Å². The Labute approximate surface area is 160 Å². The van der Waals surface area contributed by atoms with Crippen molar-refractivity contribution >= 4 is 16.9 Å². The summed E-state index contributed by atoms with van der Waals surface area (Å²) in [4.78, 5) is 4.39. The minimum Gasteiger partial charge on any atom is -0.378 e. The summed E-state index contributed by atoms with van der Waals surface area (Å²) in [5.41, 5.74) is 9.43. The SMILES string of the molecule is Cc1cc(NC2=CCN(C)C3=C(c4cnn(C)c4)CNN23)cc(N(C)C)c1. The number of hydrogen-bond donors (Lipinski definition) is 2. The van der Waals surface area contributed by atoms with Gasteiger partial charge in [0, 0.05) is 70.0 Å². The molecule has 0 aliphatic carbocycles. The molecule has 4 rings (SSSR count). The minimum atomic E-state index is 0.779. The van der Waals surface area contributed by atoms with Gasteiger partial charge in [-0.3, -0.25) is 4.68 Å². The van der Waals surface area contributed by atoms with E-state index in [1.165, 1.54) is 22.6 Å². The highest BCUT2D eigenvalue weighted by molar-refractivity contribution is 5.71. The van der Waals surface area contributed by atoms with Gasteiger partial charge in [0.05, 0.1) is 6.20 Å². The van der Waals surface area contributed by atoms with E-state index in [1.807, 2.05) is 17.9 Å². The molecule has 0 radical (unpaired) electrons. The molecule has 1 aromatic heterocycles. The number of rotatable bonds is 4. The molecule has 0 saturated heterocycles. The Kier molecular flexibility index (Phi) is 4.31. The van der Waals surface area contributed by atoms with Gasteiger partial charge in [-0.2, -0.15) is 5.10 Å². The lowest BCUT2D eigenvalue weighted by molar-refractivity contribution is 0.241. The summed E-state index contributed by atoms with van der Waals surface area (Å²) >= 11 is 0. The smallest absolute Gasteiger partial charge is 0.130 e. The molecule has 0 fully saturated rings. The molecule has 0 atom stereocenters. The molecule has 2 N–H and O–H groups in total. The average molecular weight is 365 g/mol. The van der Waals surface area contributed by atoms with E-state index in [9.17, 15) is 0 Å². The summed E-state index contributed by atoms with van der Waals surface area (Å²) in [6.45, 7) is 3.76. The van der Waals surface area contributed by atoms with Crippen molar-refractivity contribution in [1.29, 1.82) is 0 Å². The van der Waals surface area contributed by atoms with E-state index >= 15 is 0 Å². The number of nitrogens with one attached hydrogen (secondary N) is 2. The van der Waals surface area contributed by atoms with E-state index in [0.29, 0.717) is 0 Å². The van der Waals surface area contributed by atoms with E-state index in [2.05, 4.69) is 89.2 Å². The van der Waals surface area contributed by atoms with Gasteiger partial charge in [0.15, 0.2) is 0 Å². The summed E-state index contributed by atoms with van der Waals surface area (Å²) < 4.78 is 1.85. The zero-order chi connectivity index (χ0) is 19.1. The summed E-state index contributed by atoms with van der Waals surface area (Å²) in [6, 6.07) is 6.54. The number of anilines is 2. The van der Waals surface area contributed by atoms with Crippen molar-refractivity contribution in [2.45, 2.75) is 6.92 Å². The van der Waals surface area contributed by atoms with Crippen molar-refractivity contribution in [1.82, 2.24) is 25.1 Å². The Morgan fingerprint density at radius 3 is 2.70 bits per heavy atom. The van der Waals surface area contributed by atoms with Gasteiger partial charge in [-0.1, -0.05) is 0 Å². The van der Waals surface area contributed by atoms with Crippen molar-refractivity contribution in [3.05, 3.63) is 59.4 Å². The molecule has 3 heterocycles. The van der Waals surface area contributed by atoms with Gasteiger partial charge in [-0.05, 0) is 36.8 Å². The Bertz CT molecular complexity index is 922. The summed E-state index contributed by atoms with van der Waals surface area (Å²) in [6.07, 6.45) is 6.20. The third-order valence-corrected chi connectivity index (χ3v) is 4.96. The van der Waals surface area contributed by atoms with Crippen LogP contribution in [-0.4, -0.2) is 53.9 Å². The van der Waals surface area contributed by atoms with E-state index in [0.717, 1.165) is 30.2 Å². The number of hydrazine groups is 1. The van der Waals surface area contributed by atoms with E-state index in [4.69, 9.17) is 0 Å². The lowest BCUT2D eigenvalue weighted by Gasteiger charge is -2.35. The molecule has 2 aliphatic heterocycles. The second kappa shape index (κ2) is 6.66. The number of fused-ring (bicyclic) bond motifs is 1. The Balaban J connectivity index is 1.65. The fraction of sp³-hybridized carbons (Fsp3) is 0.350. The molecule has 0 amide bonds. The molecular weight excluding hydrogens is 338 g/mol. The number of benzene rings is 1. The fourth-order valence-electron chi connectivity index (χ4n) is 3.60. The van der Waals surface area contributed by atoms with E-state index < -0.39 is 0 Å². The predicted molar refractivity (Wildman–Crippen MR) is 110 cm³/mol. The number of aromatic nitrogens is 2. The quantitative estimate of drug-likeness (QED) is 0.866. The first-order chi connectivity index (χ1) is 12.9. The van der Waals surface area contributed by atoms with Crippen molar-refractivity contribution in [2.75, 3.05) is 44.4 Å². The molecule has 7 heteroatoms. The number of hydrogen-bond acceptors (Lipinski definition) is 6. The van der Waals surface area contributed by atoms with Crippen molar-refractivity contribution in [2.24, 2.45) is 7.05 Å². The standard InChI is InChI=1S/C20H27N7/c1-14-8-16(10-17(9-14)24(2)3)23-19-6-7-25(4)20-18(12-22-27(19)20)15-11-21-26(5)13-15/h6,8-11,13,22-23H,7,12H2,1-5H3. The topological polar surface area (TPSA) is 51.6 Å². The zero-order valence-electron chi connectivity index (χ0n) is 16.6. The first-order valence-corrected chi connectivity index (χ1v) is 9.15. The molecule has 2 aromatic rings. The van der Waals surface area contributed by atoms with E-state index in [1.54, 1.807) is 0 Å². The highest BCUT2D eigenvalue weighted by Gasteiger charge is 2.32. The lowest BCUT2D eigenvalue weighted by Crippen LogP contribution is -2.42. The summed E-state index contributed by atoms with van der Waals surface area (Å²) in [5.74, 6) is 2.23. The largest absolute Gasteiger partial charge is 0.378 e. The second-order valence-electron chi connectivity index (χ2n) is 7.42. The molecule has 0 spiro atoms. The molecule has 1 aromatic carbocycles. The van der Waals surface area contributed by atoms with Crippen molar-refractivity contribution < 1.29 is 0 Å². The van der Waals surface area contributed by atoms with Gasteiger partial charge < -0.3 is 15.1 Å². The van der Waals surface area contributed by atoms with Gasteiger partial charge in [0.25, 0.3) is 0 Å². The average Bonchev–Trinajstić information content (AvgIpc) is 3.23. The normalized spacial score (nSPS) is 16.6. The summed E-state index contributed by atoms with van der Waals surface area (Å²) in [5, 5.41) is 10.1. The minimum absolute atomic E-state index is 0.779. The van der Waals surface area contributed by atoms with Crippen LogP contribution in [0, 0.1) is 6.92 Å². The zero-order valence-corrected chi connectivity index (χ0v) is 16.6. The monoisotopic (exact) mass is 365 g/mol. The van der Waals surface area contributed by atoms with Crippen molar-refractivity contribution in [3.8, 4) is 0 Å². The van der Waals surface area contributed by atoms with Crippen LogP contribution < -0.4 is 15.6 Å². The maximum Gasteiger partial charge on any atom is 0.130 e. The maximum absolute atomic E-state index is 4.33. The number of likely N-dealkylation sites (N-methyl/N-ethyl adjacent to an activating group) is 1. The highest BCUT2D eigenvalue weighted by atomic mass is 15.6. The van der Waals surface area contributed by atoms with Gasteiger partial charge in [-0.25, -0.2) is 10.4 Å². The molecule has 27 heavy (non-hydrogen) atoms. The first kappa shape index (κ1) is 17.5. The van der Waals surface area contributed by atoms with E-state index in [-0.39, 0.29) is 0 Å². The van der Waals surface area contributed by atoms with Crippen LogP contribution >= 0.6 is 0 Å². The summed E-state index contributed by atoms with van der Waals surface area (Å²) in [7, 11) is 8.20. The highest BCUT2D eigenvalue weighted by Crippen LogP contribution is 2.32. The first-order valence-electron chi connectivity index (χ1n) is 9.15. The number of aryl methyl sites for hydroxylation is 2. The van der Waals surface area contributed by atoms with Gasteiger partial charge in [0.1, 0.15) is 11.6 Å². The van der Waals surface area contributed by atoms with Crippen LogP contribution in [0.1, 0.15) is 11.1 Å². The maximum atomic E-state index is 4.33. The van der Waals surface area contributed by atoms with Crippen LogP contribution in [0.25, 0.3) is 5.57 Å². The molecule has 142 valence electrons. The number of nitrogens with zero attached hydrogens (tertiary/aromatic N) is 5. The van der Waals surface area contributed by atoms with Crippen LogP contribution in [0.15, 0.2) is 48.3 Å². The molecule has 0 saturated carbocycles. The van der Waals surface area contributed by atoms with Gasteiger partial charge >= 0.3 is 0 Å². The fourth-order valence-corrected chi connectivity index (χ4v) is 3.60. The molecule has 0 bridgehead atoms. The second-order valence-corrected chi connectivity index (χ2v) is 7.42. The van der Waals surface area contributed by atoms with Crippen LogP contribution in [0.2, 0.25) is 0 Å². The Morgan fingerprint density at radius 1 is 1.19 bits per heavy atom. The lowest BCUT2D eigenvalue weighted by atomic mass is 10.1. The van der Waals surface area contributed by atoms with Crippen LogP contribution in [-0.2, 0) is 7.05 Å².